The van der Waals surface area contributed by atoms with E-state index in [0.717, 1.165) is 25.8 Å². The summed E-state index contributed by atoms with van der Waals surface area (Å²) < 4.78 is 11.0. The van der Waals surface area contributed by atoms with Crippen LogP contribution < -0.4 is 14.8 Å². The number of hydrogen-bond acceptors (Lipinski definition) is 4. The fourth-order valence-electron chi connectivity index (χ4n) is 2.67. The van der Waals surface area contributed by atoms with E-state index in [9.17, 15) is 5.11 Å². The summed E-state index contributed by atoms with van der Waals surface area (Å²) >= 11 is 6.25. The molecule has 3 rings (SSSR count). The Morgan fingerprint density at radius 3 is 2.63 bits per heavy atom. The molecule has 0 aliphatic carbocycles. The predicted octanol–water partition coefficient (Wildman–Crippen LogP) is 2.29. The van der Waals surface area contributed by atoms with Crippen molar-refractivity contribution >= 4 is 11.6 Å². The molecule has 0 aromatic heterocycles. The van der Waals surface area contributed by atoms with Gasteiger partial charge in [0.1, 0.15) is 13.2 Å². The van der Waals surface area contributed by atoms with Gasteiger partial charge in [0, 0.05) is 17.7 Å². The van der Waals surface area contributed by atoms with Crippen molar-refractivity contribution in [3.05, 3.63) is 22.7 Å². The van der Waals surface area contributed by atoms with Gasteiger partial charge in [0.05, 0.1) is 11.1 Å². The summed E-state index contributed by atoms with van der Waals surface area (Å²) in [5.74, 6) is 1.32. The maximum atomic E-state index is 10.5. The first-order valence-corrected chi connectivity index (χ1v) is 7.14. The van der Waals surface area contributed by atoms with E-state index >= 15 is 0 Å². The molecular weight excluding hydrogens is 266 g/mol. The van der Waals surface area contributed by atoms with Gasteiger partial charge in [0.2, 0.25) is 0 Å². The van der Waals surface area contributed by atoms with Crippen molar-refractivity contribution in [2.75, 3.05) is 19.8 Å². The highest BCUT2D eigenvalue weighted by Gasteiger charge is 2.26. The standard InChI is InChI=1S/C14H18ClNO3/c15-10-8-13-12(18-5-6-19-13)7-9(10)14(17)11-3-1-2-4-16-11/h7-8,11,14,16-17H,1-6H2. The van der Waals surface area contributed by atoms with Crippen molar-refractivity contribution in [2.24, 2.45) is 0 Å². The number of hydrogen-bond donors (Lipinski definition) is 2. The van der Waals surface area contributed by atoms with Crippen LogP contribution in [0.15, 0.2) is 12.1 Å². The number of piperidine rings is 1. The molecule has 2 aliphatic heterocycles. The molecular formula is C14H18ClNO3. The summed E-state index contributed by atoms with van der Waals surface area (Å²) in [6, 6.07) is 3.60. The van der Waals surface area contributed by atoms with Crippen molar-refractivity contribution in [3.63, 3.8) is 0 Å². The third-order valence-corrected chi connectivity index (χ3v) is 4.04. The minimum absolute atomic E-state index is 0.0637. The Kier molecular flexibility index (Phi) is 3.82. The molecule has 2 aliphatic rings. The fourth-order valence-corrected chi connectivity index (χ4v) is 2.94. The number of aliphatic hydroxyl groups excluding tert-OH is 1. The number of nitrogens with one attached hydrogen (secondary N) is 1. The van der Waals surface area contributed by atoms with Crippen molar-refractivity contribution in [1.82, 2.24) is 5.32 Å². The van der Waals surface area contributed by atoms with Gasteiger partial charge >= 0.3 is 0 Å². The summed E-state index contributed by atoms with van der Waals surface area (Å²) in [6.45, 7) is 2.02. The Labute approximate surface area is 117 Å². The second kappa shape index (κ2) is 5.57. The molecule has 0 bridgehead atoms. The molecule has 0 radical (unpaired) electrons. The molecule has 19 heavy (non-hydrogen) atoms. The Balaban J connectivity index is 1.86. The van der Waals surface area contributed by atoms with Crippen LogP contribution in [0.1, 0.15) is 30.9 Å². The van der Waals surface area contributed by atoms with Gasteiger partial charge in [-0.25, -0.2) is 0 Å². The summed E-state index contributed by atoms with van der Waals surface area (Å²) in [6.07, 6.45) is 2.66. The molecule has 4 nitrogen and oxygen atoms in total. The lowest BCUT2D eigenvalue weighted by Crippen LogP contribution is -2.38. The number of benzene rings is 1. The lowest BCUT2D eigenvalue weighted by atomic mass is 9.94. The molecule has 0 saturated carbocycles. The molecule has 2 atom stereocenters. The monoisotopic (exact) mass is 283 g/mol. The van der Waals surface area contributed by atoms with Gasteiger partial charge in [-0.2, -0.15) is 0 Å². The number of ether oxygens (including phenoxy) is 2. The third-order valence-electron chi connectivity index (χ3n) is 3.71. The van der Waals surface area contributed by atoms with Gasteiger partial charge in [0.15, 0.2) is 11.5 Å². The molecule has 1 saturated heterocycles. The fraction of sp³-hybridized carbons (Fsp3) is 0.571. The van der Waals surface area contributed by atoms with Crippen molar-refractivity contribution in [1.29, 1.82) is 0 Å². The smallest absolute Gasteiger partial charge is 0.162 e. The zero-order valence-corrected chi connectivity index (χ0v) is 11.4. The van der Waals surface area contributed by atoms with E-state index in [2.05, 4.69) is 5.32 Å². The first-order valence-electron chi connectivity index (χ1n) is 6.76. The normalized spacial score (nSPS) is 24.0. The van der Waals surface area contributed by atoms with Gasteiger partial charge in [-0.05, 0) is 25.5 Å². The van der Waals surface area contributed by atoms with Crippen molar-refractivity contribution < 1.29 is 14.6 Å². The second-order valence-electron chi connectivity index (χ2n) is 5.02. The maximum absolute atomic E-state index is 10.5. The molecule has 1 aromatic carbocycles. The zero-order chi connectivity index (χ0) is 13.2. The zero-order valence-electron chi connectivity index (χ0n) is 10.7. The largest absolute Gasteiger partial charge is 0.486 e. The molecule has 2 N–H and O–H groups in total. The molecule has 0 spiro atoms. The van der Waals surface area contributed by atoms with Crippen molar-refractivity contribution in [3.8, 4) is 11.5 Å². The van der Waals surface area contributed by atoms with E-state index in [4.69, 9.17) is 21.1 Å². The summed E-state index contributed by atoms with van der Waals surface area (Å²) in [5.41, 5.74) is 0.713. The van der Waals surface area contributed by atoms with Crippen LogP contribution in [0.4, 0.5) is 0 Å². The minimum Gasteiger partial charge on any atom is -0.486 e. The van der Waals surface area contributed by atoms with Crippen LogP contribution in [-0.4, -0.2) is 30.9 Å². The first kappa shape index (κ1) is 13.0. The number of halogens is 1. The van der Waals surface area contributed by atoms with Crippen LogP contribution in [0.25, 0.3) is 0 Å². The lowest BCUT2D eigenvalue weighted by Gasteiger charge is -2.29. The first-order chi connectivity index (χ1) is 9.25. The molecule has 2 unspecified atom stereocenters. The summed E-state index contributed by atoms with van der Waals surface area (Å²) in [4.78, 5) is 0. The molecule has 5 heteroatoms. The van der Waals surface area contributed by atoms with Gasteiger partial charge in [-0.3, -0.25) is 0 Å². The van der Waals surface area contributed by atoms with E-state index in [-0.39, 0.29) is 6.04 Å². The Morgan fingerprint density at radius 1 is 1.21 bits per heavy atom. The topological polar surface area (TPSA) is 50.7 Å². The molecule has 0 amide bonds. The third kappa shape index (κ3) is 2.66. The van der Waals surface area contributed by atoms with E-state index in [0.29, 0.717) is 35.3 Å². The summed E-state index contributed by atoms with van der Waals surface area (Å²) in [5, 5.41) is 14.4. The maximum Gasteiger partial charge on any atom is 0.162 e. The van der Waals surface area contributed by atoms with Crippen LogP contribution in [0.2, 0.25) is 5.02 Å². The number of rotatable bonds is 2. The average molecular weight is 284 g/mol. The quantitative estimate of drug-likeness (QED) is 0.874. The SMILES string of the molecule is OC(c1cc2c(cc1Cl)OCCO2)C1CCCCN1. The number of aliphatic hydroxyl groups is 1. The van der Waals surface area contributed by atoms with Gasteiger partial charge in [-0.1, -0.05) is 18.0 Å². The van der Waals surface area contributed by atoms with Crippen LogP contribution in [0, 0.1) is 0 Å². The van der Waals surface area contributed by atoms with E-state index in [1.165, 1.54) is 0 Å². The van der Waals surface area contributed by atoms with Crippen LogP contribution in [-0.2, 0) is 0 Å². The lowest BCUT2D eigenvalue weighted by molar-refractivity contribution is 0.112. The molecule has 1 aromatic rings. The Bertz CT molecular complexity index is 460. The van der Waals surface area contributed by atoms with E-state index < -0.39 is 6.10 Å². The van der Waals surface area contributed by atoms with Crippen LogP contribution in [0.5, 0.6) is 11.5 Å². The summed E-state index contributed by atoms with van der Waals surface area (Å²) in [7, 11) is 0. The molecule has 1 fully saturated rings. The van der Waals surface area contributed by atoms with E-state index in [1.54, 1.807) is 12.1 Å². The minimum atomic E-state index is -0.608. The van der Waals surface area contributed by atoms with Crippen LogP contribution in [0.3, 0.4) is 0 Å². The van der Waals surface area contributed by atoms with Gasteiger partial charge < -0.3 is 19.9 Å². The van der Waals surface area contributed by atoms with Crippen LogP contribution >= 0.6 is 11.6 Å². The highest BCUT2D eigenvalue weighted by molar-refractivity contribution is 6.31. The van der Waals surface area contributed by atoms with Gasteiger partial charge in [-0.15, -0.1) is 0 Å². The van der Waals surface area contributed by atoms with Gasteiger partial charge in [0.25, 0.3) is 0 Å². The van der Waals surface area contributed by atoms with E-state index in [1.807, 2.05) is 0 Å². The Morgan fingerprint density at radius 2 is 1.95 bits per heavy atom. The molecule has 2 heterocycles. The second-order valence-corrected chi connectivity index (χ2v) is 5.43. The number of fused-ring (bicyclic) bond motifs is 1. The highest BCUT2D eigenvalue weighted by Crippen LogP contribution is 2.39. The highest BCUT2D eigenvalue weighted by atomic mass is 35.5. The predicted molar refractivity (Wildman–Crippen MR) is 73.0 cm³/mol. The Hall–Kier alpha value is -0.970. The molecule has 104 valence electrons. The average Bonchev–Trinajstić information content (AvgIpc) is 2.47. The van der Waals surface area contributed by atoms with Crippen molar-refractivity contribution in [2.45, 2.75) is 31.4 Å².